The average molecular weight is 247 g/mol. The molecule has 0 amide bonds. The van der Waals surface area contributed by atoms with Gasteiger partial charge in [0.1, 0.15) is 0 Å². The van der Waals surface area contributed by atoms with Crippen molar-refractivity contribution in [2.24, 2.45) is 0 Å². The second-order valence-electron chi connectivity index (χ2n) is 4.36. The number of benzene rings is 2. The SMILES string of the molecule is C=CC(=O)c1cccc2c1-c1ccccc1C=CN2. The summed E-state index contributed by atoms with van der Waals surface area (Å²) in [6.07, 6.45) is 5.26. The van der Waals surface area contributed by atoms with Gasteiger partial charge in [0, 0.05) is 23.0 Å². The van der Waals surface area contributed by atoms with Gasteiger partial charge in [0.25, 0.3) is 0 Å². The van der Waals surface area contributed by atoms with Gasteiger partial charge in [-0.15, -0.1) is 0 Å². The lowest BCUT2D eigenvalue weighted by Gasteiger charge is -2.13. The number of rotatable bonds is 2. The third kappa shape index (κ3) is 1.87. The van der Waals surface area contributed by atoms with E-state index in [0.717, 1.165) is 22.4 Å². The molecule has 19 heavy (non-hydrogen) atoms. The summed E-state index contributed by atoms with van der Waals surface area (Å²) in [4.78, 5) is 12.0. The minimum Gasteiger partial charge on any atom is -0.361 e. The largest absolute Gasteiger partial charge is 0.361 e. The topological polar surface area (TPSA) is 29.1 Å². The van der Waals surface area contributed by atoms with Gasteiger partial charge in [0.05, 0.1) is 0 Å². The van der Waals surface area contributed by atoms with Crippen molar-refractivity contribution in [2.45, 2.75) is 0 Å². The van der Waals surface area contributed by atoms with E-state index in [-0.39, 0.29) is 5.78 Å². The van der Waals surface area contributed by atoms with Crippen LogP contribution in [0.15, 0.2) is 61.3 Å². The number of fused-ring (bicyclic) bond motifs is 3. The maximum Gasteiger partial charge on any atom is 0.185 e. The molecule has 0 saturated heterocycles. The van der Waals surface area contributed by atoms with Gasteiger partial charge in [-0.25, -0.2) is 0 Å². The third-order valence-electron chi connectivity index (χ3n) is 3.25. The Labute approximate surface area is 112 Å². The highest BCUT2D eigenvalue weighted by molar-refractivity contribution is 6.11. The molecular formula is C17H13NO. The van der Waals surface area contributed by atoms with Gasteiger partial charge in [-0.2, -0.15) is 0 Å². The van der Waals surface area contributed by atoms with E-state index < -0.39 is 0 Å². The van der Waals surface area contributed by atoms with Crippen LogP contribution in [-0.2, 0) is 0 Å². The lowest BCUT2D eigenvalue weighted by atomic mass is 9.92. The zero-order chi connectivity index (χ0) is 13.2. The van der Waals surface area contributed by atoms with Crippen molar-refractivity contribution in [1.82, 2.24) is 0 Å². The molecule has 1 aliphatic heterocycles. The van der Waals surface area contributed by atoms with Gasteiger partial charge in [-0.05, 0) is 29.3 Å². The minimum absolute atomic E-state index is 0.0599. The van der Waals surface area contributed by atoms with Crippen LogP contribution in [0.3, 0.4) is 0 Å². The first-order valence-corrected chi connectivity index (χ1v) is 6.13. The van der Waals surface area contributed by atoms with Crippen LogP contribution in [0.2, 0.25) is 0 Å². The second-order valence-corrected chi connectivity index (χ2v) is 4.36. The first-order chi connectivity index (χ1) is 9.31. The number of allylic oxidation sites excluding steroid dienone is 1. The van der Waals surface area contributed by atoms with E-state index in [0.29, 0.717) is 5.56 Å². The van der Waals surface area contributed by atoms with Gasteiger partial charge in [-0.1, -0.05) is 43.0 Å². The predicted octanol–water partition coefficient (Wildman–Crippen LogP) is 4.12. The van der Waals surface area contributed by atoms with Gasteiger partial charge >= 0.3 is 0 Å². The van der Waals surface area contributed by atoms with E-state index in [1.165, 1.54) is 6.08 Å². The Morgan fingerprint density at radius 1 is 1.11 bits per heavy atom. The summed E-state index contributed by atoms with van der Waals surface area (Å²) in [5, 5.41) is 3.22. The lowest BCUT2D eigenvalue weighted by molar-refractivity contribution is 0.104. The number of ketones is 1. The molecule has 0 saturated carbocycles. The number of carbonyl (C=O) groups is 1. The molecule has 0 radical (unpaired) electrons. The van der Waals surface area contributed by atoms with Gasteiger partial charge in [0.15, 0.2) is 5.78 Å². The quantitative estimate of drug-likeness (QED) is 0.639. The Hall–Kier alpha value is -2.61. The number of hydrogen-bond donors (Lipinski definition) is 1. The van der Waals surface area contributed by atoms with Gasteiger partial charge < -0.3 is 5.32 Å². The summed E-state index contributed by atoms with van der Waals surface area (Å²) >= 11 is 0. The molecule has 1 aliphatic rings. The van der Waals surface area contributed by atoms with E-state index in [1.807, 2.05) is 54.7 Å². The average Bonchev–Trinajstić information content (AvgIpc) is 2.65. The third-order valence-corrected chi connectivity index (χ3v) is 3.25. The molecule has 0 bridgehead atoms. The fraction of sp³-hybridized carbons (Fsp3) is 0. The monoisotopic (exact) mass is 247 g/mol. The molecule has 2 aromatic carbocycles. The Morgan fingerprint density at radius 2 is 1.95 bits per heavy atom. The zero-order valence-corrected chi connectivity index (χ0v) is 10.4. The van der Waals surface area contributed by atoms with Crippen molar-refractivity contribution in [2.75, 3.05) is 5.32 Å². The Morgan fingerprint density at radius 3 is 2.79 bits per heavy atom. The molecule has 2 aromatic rings. The molecule has 0 aromatic heterocycles. The van der Waals surface area contributed by atoms with E-state index in [4.69, 9.17) is 0 Å². The van der Waals surface area contributed by atoms with Gasteiger partial charge in [0.2, 0.25) is 0 Å². The van der Waals surface area contributed by atoms with Crippen LogP contribution in [0.5, 0.6) is 0 Å². The van der Waals surface area contributed by atoms with E-state index in [9.17, 15) is 4.79 Å². The fourth-order valence-corrected chi connectivity index (χ4v) is 2.37. The molecule has 0 atom stereocenters. The zero-order valence-electron chi connectivity index (χ0n) is 10.4. The number of anilines is 1. The molecule has 0 aliphatic carbocycles. The predicted molar refractivity (Wildman–Crippen MR) is 79.1 cm³/mol. The summed E-state index contributed by atoms with van der Waals surface area (Å²) in [6.45, 7) is 3.58. The number of hydrogen-bond acceptors (Lipinski definition) is 2. The first kappa shape index (κ1) is 11.5. The van der Waals surface area contributed by atoms with Crippen molar-refractivity contribution in [1.29, 1.82) is 0 Å². The molecule has 0 unspecified atom stereocenters. The van der Waals surface area contributed by atoms with Gasteiger partial charge in [-0.3, -0.25) is 4.79 Å². The summed E-state index contributed by atoms with van der Waals surface area (Å²) in [6, 6.07) is 13.7. The summed E-state index contributed by atoms with van der Waals surface area (Å²) in [5.41, 5.74) is 4.71. The maximum atomic E-state index is 12.0. The normalized spacial score (nSPS) is 11.8. The van der Waals surface area contributed by atoms with Crippen LogP contribution >= 0.6 is 0 Å². The molecule has 2 nitrogen and oxygen atoms in total. The number of nitrogens with one attached hydrogen (secondary N) is 1. The van der Waals surface area contributed by atoms with Crippen molar-refractivity contribution >= 4 is 17.5 Å². The highest BCUT2D eigenvalue weighted by atomic mass is 16.1. The molecule has 0 spiro atoms. The summed E-state index contributed by atoms with van der Waals surface area (Å²) in [5.74, 6) is -0.0599. The van der Waals surface area contributed by atoms with Crippen LogP contribution < -0.4 is 5.32 Å². The summed E-state index contributed by atoms with van der Waals surface area (Å²) in [7, 11) is 0. The first-order valence-electron chi connectivity index (χ1n) is 6.13. The Kier molecular flexibility index (Phi) is 2.76. The summed E-state index contributed by atoms with van der Waals surface area (Å²) < 4.78 is 0. The molecule has 1 heterocycles. The Balaban J connectivity index is 2.35. The molecular weight excluding hydrogens is 234 g/mol. The van der Waals surface area contributed by atoms with Crippen molar-refractivity contribution < 1.29 is 4.79 Å². The molecule has 0 fully saturated rings. The van der Waals surface area contributed by atoms with E-state index in [1.54, 1.807) is 0 Å². The van der Waals surface area contributed by atoms with Crippen LogP contribution in [0.4, 0.5) is 5.69 Å². The maximum absolute atomic E-state index is 12.0. The van der Waals surface area contributed by atoms with Crippen LogP contribution in [0.1, 0.15) is 15.9 Å². The standard InChI is InChI=1S/C17H13NO/c1-2-16(19)14-8-5-9-15-17(14)13-7-4-3-6-12(13)10-11-18-15/h2-11,18H,1H2. The van der Waals surface area contributed by atoms with E-state index >= 15 is 0 Å². The van der Waals surface area contributed by atoms with Crippen LogP contribution in [0.25, 0.3) is 17.2 Å². The molecule has 3 rings (SSSR count). The lowest BCUT2D eigenvalue weighted by Crippen LogP contribution is -2.00. The van der Waals surface area contributed by atoms with Crippen molar-refractivity contribution in [3.63, 3.8) is 0 Å². The van der Waals surface area contributed by atoms with Crippen molar-refractivity contribution in [3.8, 4) is 11.1 Å². The van der Waals surface area contributed by atoms with E-state index in [2.05, 4.69) is 11.9 Å². The Bertz CT molecular complexity index is 698. The minimum atomic E-state index is -0.0599. The van der Waals surface area contributed by atoms with Crippen molar-refractivity contribution in [3.05, 3.63) is 72.4 Å². The molecule has 1 N–H and O–H groups in total. The highest BCUT2D eigenvalue weighted by Crippen LogP contribution is 2.36. The highest BCUT2D eigenvalue weighted by Gasteiger charge is 2.17. The second kappa shape index (κ2) is 4.58. The number of carbonyl (C=O) groups excluding carboxylic acids is 1. The van der Waals surface area contributed by atoms with Crippen LogP contribution in [-0.4, -0.2) is 5.78 Å². The molecule has 2 heteroatoms. The smallest absolute Gasteiger partial charge is 0.185 e. The van der Waals surface area contributed by atoms with Crippen LogP contribution in [0, 0.1) is 0 Å². The fourth-order valence-electron chi connectivity index (χ4n) is 2.37. The molecule has 92 valence electrons.